The minimum absolute atomic E-state index is 0.144. The molecule has 1 aliphatic heterocycles. The smallest absolute Gasteiger partial charge is 0.239 e. The van der Waals surface area contributed by atoms with Gasteiger partial charge in [-0.15, -0.1) is 0 Å². The first-order valence-corrected chi connectivity index (χ1v) is 4.66. The number of carbonyl (C=O) groups is 2. The molecule has 1 aromatic heterocycles. The van der Waals surface area contributed by atoms with Crippen molar-refractivity contribution in [3.63, 3.8) is 0 Å². The zero-order chi connectivity index (χ0) is 11.1. The summed E-state index contributed by atoms with van der Waals surface area (Å²) in [5.41, 5.74) is 0.397. The van der Waals surface area contributed by atoms with Gasteiger partial charge in [-0.3, -0.25) is 24.9 Å². The number of rotatable bonds is 1. The third kappa shape index (κ3) is 1.40. The standard InChI is InChI=1S/C10H11N3O2/c1-6-8(12-4-3-11-6)10(2)5-7(14)13-9(10)15/h3-4H,5H2,1-2H3,(H,13,14,15). The minimum atomic E-state index is -0.866. The summed E-state index contributed by atoms with van der Waals surface area (Å²) in [6.07, 6.45) is 3.24. The van der Waals surface area contributed by atoms with E-state index in [-0.39, 0.29) is 18.2 Å². The maximum atomic E-state index is 11.7. The summed E-state index contributed by atoms with van der Waals surface area (Å²) in [7, 11) is 0. The zero-order valence-electron chi connectivity index (χ0n) is 8.57. The molecular formula is C10H11N3O2. The first-order valence-electron chi connectivity index (χ1n) is 4.66. The van der Waals surface area contributed by atoms with Crippen LogP contribution in [-0.2, 0) is 15.0 Å². The van der Waals surface area contributed by atoms with Crippen molar-refractivity contribution < 1.29 is 9.59 Å². The van der Waals surface area contributed by atoms with Gasteiger partial charge < -0.3 is 0 Å². The van der Waals surface area contributed by atoms with Gasteiger partial charge in [0.05, 0.1) is 16.8 Å². The molecule has 0 saturated carbocycles. The second-order valence-electron chi connectivity index (χ2n) is 3.88. The molecule has 0 aromatic carbocycles. The Balaban J connectivity index is 2.51. The molecule has 5 heteroatoms. The second kappa shape index (κ2) is 3.12. The Bertz CT molecular complexity index is 444. The van der Waals surface area contributed by atoms with Gasteiger partial charge in [0.1, 0.15) is 0 Å². The van der Waals surface area contributed by atoms with Crippen LogP contribution in [0.3, 0.4) is 0 Å². The Hall–Kier alpha value is -1.78. The lowest BCUT2D eigenvalue weighted by atomic mass is 9.84. The van der Waals surface area contributed by atoms with E-state index in [1.807, 2.05) is 0 Å². The van der Waals surface area contributed by atoms with Crippen LogP contribution in [-0.4, -0.2) is 21.8 Å². The fourth-order valence-electron chi connectivity index (χ4n) is 1.85. The molecule has 5 nitrogen and oxygen atoms in total. The maximum Gasteiger partial charge on any atom is 0.239 e. The van der Waals surface area contributed by atoms with Crippen LogP contribution in [0, 0.1) is 6.92 Å². The quantitative estimate of drug-likeness (QED) is 0.659. The number of imide groups is 1. The fraction of sp³-hybridized carbons (Fsp3) is 0.400. The van der Waals surface area contributed by atoms with Crippen LogP contribution in [0.4, 0.5) is 0 Å². The van der Waals surface area contributed by atoms with Gasteiger partial charge in [-0.1, -0.05) is 0 Å². The average Bonchev–Trinajstić information content (AvgIpc) is 2.42. The summed E-state index contributed by atoms with van der Waals surface area (Å²) in [5, 5.41) is 2.29. The number of aromatic nitrogens is 2. The normalized spacial score (nSPS) is 25.5. The highest BCUT2D eigenvalue weighted by atomic mass is 16.2. The minimum Gasteiger partial charge on any atom is -0.296 e. The predicted octanol–water partition coefficient (Wildman–Crippen LogP) is 0.0892. The molecule has 2 amide bonds. The van der Waals surface area contributed by atoms with Crippen LogP contribution >= 0.6 is 0 Å². The largest absolute Gasteiger partial charge is 0.296 e. The van der Waals surface area contributed by atoms with E-state index in [4.69, 9.17) is 0 Å². The summed E-state index contributed by atoms with van der Waals surface area (Å²) < 4.78 is 0. The molecule has 2 heterocycles. The molecule has 1 saturated heterocycles. The van der Waals surface area contributed by atoms with Gasteiger partial charge in [0.25, 0.3) is 0 Å². The highest BCUT2D eigenvalue weighted by Gasteiger charge is 2.46. The Morgan fingerprint density at radius 1 is 1.33 bits per heavy atom. The number of nitrogens with one attached hydrogen (secondary N) is 1. The zero-order valence-corrected chi connectivity index (χ0v) is 8.57. The number of carbonyl (C=O) groups excluding carboxylic acids is 2. The first kappa shape index (κ1) is 9.76. The summed E-state index contributed by atoms with van der Waals surface area (Å²) in [6.45, 7) is 3.49. The third-order valence-electron chi connectivity index (χ3n) is 2.67. The van der Waals surface area contributed by atoms with Crippen molar-refractivity contribution in [3.8, 4) is 0 Å². The van der Waals surface area contributed by atoms with Crippen molar-refractivity contribution in [3.05, 3.63) is 23.8 Å². The lowest BCUT2D eigenvalue weighted by Crippen LogP contribution is -2.34. The third-order valence-corrected chi connectivity index (χ3v) is 2.67. The van der Waals surface area contributed by atoms with Gasteiger partial charge in [0.15, 0.2) is 0 Å². The molecule has 0 spiro atoms. The van der Waals surface area contributed by atoms with Gasteiger partial charge >= 0.3 is 0 Å². The number of hydrogen-bond donors (Lipinski definition) is 1. The topological polar surface area (TPSA) is 72.0 Å². The Morgan fingerprint density at radius 3 is 2.53 bits per heavy atom. The lowest BCUT2D eigenvalue weighted by molar-refractivity contribution is -0.126. The summed E-state index contributed by atoms with van der Waals surface area (Å²) in [5.74, 6) is -0.552. The number of amides is 2. The highest BCUT2D eigenvalue weighted by molar-refractivity contribution is 6.08. The van der Waals surface area contributed by atoms with Gasteiger partial charge in [-0.05, 0) is 13.8 Å². The molecule has 1 aliphatic rings. The molecule has 0 radical (unpaired) electrons. The van der Waals surface area contributed by atoms with E-state index < -0.39 is 5.41 Å². The Labute approximate surface area is 86.9 Å². The maximum absolute atomic E-state index is 11.7. The molecule has 1 fully saturated rings. The van der Waals surface area contributed by atoms with Gasteiger partial charge in [-0.25, -0.2) is 0 Å². The van der Waals surface area contributed by atoms with Crippen molar-refractivity contribution >= 4 is 11.8 Å². The van der Waals surface area contributed by atoms with Gasteiger partial charge in [0, 0.05) is 18.8 Å². The van der Waals surface area contributed by atoms with Crippen LogP contribution in [0.2, 0.25) is 0 Å². The fourth-order valence-corrected chi connectivity index (χ4v) is 1.85. The Kier molecular flexibility index (Phi) is 2.03. The summed E-state index contributed by atoms with van der Waals surface area (Å²) in [6, 6.07) is 0. The van der Waals surface area contributed by atoms with Crippen molar-refractivity contribution in [2.24, 2.45) is 0 Å². The molecule has 0 aliphatic carbocycles. The monoisotopic (exact) mass is 205 g/mol. The Morgan fingerprint density at radius 2 is 2.00 bits per heavy atom. The van der Waals surface area contributed by atoms with Crippen LogP contribution in [0.1, 0.15) is 24.7 Å². The number of hydrogen-bond acceptors (Lipinski definition) is 4. The van der Waals surface area contributed by atoms with E-state index in [1.165, 1.54) is 6.20 Å². The molecule has 15 heavy (non-hydrogen) atoms. The van der Waals surface area contributed by atoms with Crippen LogP contribution in [0.15, 0.2) is 12.4 Å². The second-order valence-corrected chi connectivity index (χ2v) is 3.88. The summed E-state index contributed by atoms with van der Waals surface area (Å²) >= 11 is 0. The van der Waals surface area contributed by atoms with E-state index in [9.17, 15) is 9.59 Å². The summed E-state index contributed by atoms with van der Waals surface area (Å²) in [4.78, 5) is 31.0. The van der Waals surface area contributed by atoms with Gasteiger partial charge in [-0.2, -0.15) is 0 Å². The van der Waals surface area contributed by atoms with Crippen LogP contribution < -0.4 is 5.32 Å². The highest BCUT2D eigenvalue weighted by Crippen LogP contribution is 2.31. The van der Waals surface area contributed by atoms with Gasteiger partial charge in [0.2, 0.25) is 11.8 Å². The molecule has 1 aromatic rings. The molecule has 78 valence electrons. The van der Waals surface area contributed by atoms with E-state index >= 15 is 0 Å². The van der Waals surface area contributed by atoms with E-state index in [0.29, 0.717) is 11.4 Å². The van der Waals surface area contributed by atoms with E-state index in [0.717, 1.165) is 0 Å². The van der Waals surface area contributed by atoms with Crippen molar-refractivity contribution in [2.45, 2.75) is 25.7 Å². The van der Waals surface area contributed by atoms with E-state index in [2.05, 4.69) is 15.3 Å². The van der Waals surface area contributed by atoms with Crippen LogP contribution in [0.25, 0.3) is 0 Å². The number of nitrogens with zero attached hydrogens (tertiary/aromatic N) is 2. The van der Waals surface area contributed by atoms with E-state index in [1.54, 1.807) is 20.0 Å². The molecule has 1 unspecified atom stereocenters. The van der Waals surface area contributed by atoms with Crippen molar-refractivity contribution in [1.82, 2.24) is 15.3 Å². The number of aryl methyl sites for hydroxylation is 1. The molecule has 1 N–H and O–H groups in total. The first-order chi connectivity index (χ1) is 7.04. The lowest BCUT2D eigenvalue weighted by Gasteiger charge is -2.19. The van der Waals surface area contributed by atoms with Crippen molar-refractivity contribution in [2.75, 3.05) is 0 Å². The van der Waals surface area contributed by atoms with Crippen LogP contribution in [0.5, 0.6) is 0 Å². The SMILES string of the molecule is Cc1nccnc1C1(C)CC(=O)NC1=O. The predicted molar refractivity (Wildman–Crippen MR) is 51.9 cm³/mol. The van der Waals surface area contributed by atoms with Crippen molar-refractivity contribution in [1.29, 1.82) is 0 Å². The molecule has 0 bridgehead atoms. The molecular weight excluding hydrogens is 194 g/mol. The molecule has 1 atom stereocenters. The average molecular weight is 205 g/mol. The molecule has 2 rings (SSSR count).